The van der Waals surface area contributed by atoms with Crippen LogP contribution in [0.5, 0.6) is 5.75 Å². The van der Waals surface area contributed by atoms with Gasteiger partial charge in [0.2, 0.25) is 10.0 Å². The lowest BCUT2D eigenvalue weighted by Gasteiger charge is -2.24. The van der Waals surface area contributed by atoms with Crippen LogP contribution in [0.3, 0.4) is 0 Å². The number of anilines is 2. The Morgan fingerprint density at radius 2 is 1.84 bits per heavy atom. The van der Waals surface area contributed by atoms with Gasteiger partial charge in [0.25, 0.3) is 5.91 Å². The highest BCUT2D eigenvalue weighted by molar-refractivity contribution is 7.92. The van der Waals surface area contributed by atoms with Crippen molar-refractivity contribution in [1.82, 2.24) is 30.4 Å². The molecule has 0 fully saturated rings. The van der Waals surface area contributed by atoms with Crippen LogP contribution >= 0.6 is 0 Å². The predicted octanol–water partition coefficient (Wildman–Crippen LogP) is 3.29. The number of carbonyl (C=O) groups excluding carboxylic acids is 1. The van der Waals surface area contributed by atoms with Crippen LogP contribution in [0.1, 0.15) is 42.3 Å². The lowest BCUT2D eigenvalue weighted by Crippen LogP contribution is -2.18. The Morgan fingerprint density at radius 1 is 1.11 bits per heavy atom. The Kier molecular flexibility index (Phi) is 6.74. The van der Waals surface area contributed by atoms with Crippen molar-refractivity contribution in [2.45, 2.75) is 33.1 Å². The van der Waals surface area contributed by atoms with E-state index in [-0.39, 0.29) is 16.9 Å². The highest BCUT2D eigenvalue weighted by Gasteiger charge is 2.23. The SMILES string of the molecule is COc1c(NC(=O)c2ccc(C)c(-n3cc(-c4cn[nH]n4)nn3)c2)cc(C(C)(C)C)cc1NS(C)(=O)=O. The molecule has 0 bridgehead atoms. The second-order valence-corrected chi connectivity index (χ2v) is 11.3. The van der Waals surface area contributed by atoms with E-state index in [1.54, 1.807) is 41.2 Å². The van der Waals surface area contributed by atoms with Gasteiger partial charge in [-0.1, -0.05) is 32.1 Å². The summed E-state index contributed by atoms with van der Waals surface area (Å²) < 4.78 is 33.5. The number of aromatic nitrogens is 6. The summed E-state index contributed by atoms with van der Waals surface area (Å²) in [5, 5.41) is 21.5. The maximum absolute atomic E-state index is 13.4. The summed E-state index contributed by atoms with van der Waals surface area (Å²) in [6.45, 7) is 7.86. The van der Waals surface area contributed by atoms with Crippen LogP contribution < -0.4 is 14.8 Å². The molecule has 2 aromatic carbocycles. The Morgan fingerprint density at radius 3 is 2.46 bits per heavy atom. The summed E-state index contributed by atoms with van der Waals surface area (Å²) in [7, 11) is -2.18. The Labute approximate surface area is 214 Å². The number of rotatable bonds is 7. The number of ether oxygens (including phenoxy) is 1. The summed E-state index contributed by atoms with van der Waals surface area (Å²) in [6, 6.07) is 8.68. The van der Waals surface area contributed by atoms with Gasteiger partial charge in [0.15, 0.2) is 5.75 Å². The number of H-pyrrole nitrogens is 1. The van der Waals surface area contributed by atoms with E-state index in [2.05, 4.69) is 35.8 Å². The minimum Gasteiger partial charge on any atom is -0.492 e. The average Bonchev–Trinajstić information content (AvgIpc) is 3.50. The van der Waals surface area contributed by atoms with E-state index in [9.17, 15) is 13.2 Å². The standard InChI is InChI=1S/C24H28N8O4S/c1-14-7-8-15(9-21(14)32-13-20(28-31-32)19-12-25-30-27-19)23(33)26-17-10-16(24(2,3)4)11-18(22(17)36-5)29-37(6,34)35/h7-13,29H,1-6H3,(H,26,33)(H,25,27,30). The number of hydrogen-bond acceptors (Lipinski definition) is 8. The summed E-state index contributed by atoms with van der Waals surface area (Å²) in [6.07, 6.45) is 4.29. The van der Waals surface area contributed by atoms with Gasteiger partial charge < -0.3 is 10.1 Å². The number of amides is 1. The Balaban J connectivity index is 1.71. The molecule has 194 valence electrons. The summed E-state index contributed by atoms with van der Waals surface area (Å²) >= 11 is 0. The van der Waals surface area contributed by atoms with Gasteiger partial charge in [0.05, 0.1) is 42.8 Å². The van der Waals surface area contributed by atoms with Crippen LogP contribution in [-0.4, -0.2) is 58.1 Å². The fourth-order valence-corrected chi connectivity index (χ4v) is 4.22. The first kappa shape index (κ1) is 25.8. The highest BCUT2D eigenvalue weighted by Crippen LogP contribution is 2.39. The van der Waals surface area contributed by atoms with Crippen molar-refractivity contribution < 1.29 is 17.9 Å². The summed E-state index contributed by atoms with van der Waals surface area (Å²) in [5.74, 6) is -0.208. The number of benzene rings is 2. The maximum Gasteiger partial charge on any atom is 0.255 e. The number of carbonyl (C=O) groups is 1. The predicted molar refractivity (Wildman–Crippen MR) is 140 cm³/mol. The molecule has 2 heterocycles. The minimum atomic E-state index is -3.59. The molecule has 0 atom stereocenters. The van der Waals surface area contributed by atoms with Crippen LogP contribution in [0.25, 0.3) is 17.1 Å². The Bertz CT molecular complexity index is 1550. The van der Waals surface area contributed by atoms with Gasteiger partial charge in [-0.05, 0) is 47.7 Å². The second-order valence-electron chi connectivity index (χ2n) is 9.59. The third-order valence-corrected chi connectivity index (χ3v) is 6.18. The topological polar surface area (TPSA) is 157 Å². The van der Waals surface area contributed by atoms with Crippen molar-refractivity contribution in [2.24, 2.45) is 0 Å². The monoisotopic (exact) mass is 524 g/mol. The number of hydrogen-bond donors (Lipinski definition) is 3. The van der Waals surface area contributed by atoms with Crippen LogP contribution in [0.4, 0.5) is 11.4 Å². The van der Waals surface area contributed by atoms with Gasteiger partial charge >= 0.3 is 0 Å². The lowest BCUT2D eigenvalue weighted by atomic mass is 9.86. The van der Waals surface area contributed by atoms with Crippen LogP contribution in [0.15, 0.2) is 42.7 Å². The van der Waals surface area contributed by atoms with Gasteiger partial charge in [-0.2, -0.15) is 15.4 Å². The molecule has 0 aliphatic heterocycles. The van der Waals surface area contributed by atoms with Crippen molar-refractivity contribution in [3.8, 4) is 22.8 Å². The van der Waals surface area contributed by atoms with Crippen molar-refractivity contribution in [1.29, 1.82) is 0 Å². The Hall–Kier alpha value is -4.26. The van der Waals surface area contributed by atoms with E-state index in [1.807, 2.05) is 27.7 Å². The molecule has 0 aliphatic rings. The first-order valence-electron chi connectivity index (χ1n) is 11.3. The second kappa shape index (κ2) is 9.65. The van der Waals surface area contributed by atoms with Crippen LogP contribution in [0.2, 0.25) is 0 Å². The highest BCUT2D eigenvalue weighted by atomic mass is 32.2. The molecule has 0 radical (unpaired) electrons. The molecule has 0 unspecified atom stereocenters. The van der Waals surface area contributed by atoms with E-state index in [0.29, 0.717) is 28.3 Å². The molecule has 0 spiro atoms. The molecule has 2 aromatic heterocycles. The fourth-order valence-electron chi connectivity index (χ4n) is 3.67. The van der Waals surface area contributed by atoms with E-state index in [4.69, 9.17) is 4.74 Å². The number of nitrogens with one attached hydrogen (secondary N) is 3. The average molecular weight is 525 g/mol. The largest absolute Gasteiger partial charge is 0.492 e. The van der Waals surface area contributed by atoms with E-state index in [0.717, 1.165) is 17.4 Å². The van der Waals surface area contributed by atoms with Crippen molar-refractivity contribution in [3.63, 3.8) is 0 Å². The normalized spacial score (nSPS) is 11.8. The van der Waals surface area contributed by atoms with E-state index in [1.165, 1.54) is 13.3 Å². The van der Waals surface area contributed by atoms with Crippen molar-refractivity contribution in [3.05, 3.63) is 59.4 Å². The van der Waals surface area contributed by atoms with Gasteiger partial charge in [-0.25, -0.2) is 13.1 Å². The fraction of sp³-hybridized carbons (Fsp3) is 0.292. The van der Waals surface area contributed by atoms with Gasteiger partial charge in [0.1, 0.15) is 11.4 Å². The summed E-state index contributed by atoms with van der Waals surface area (Å²) in [5.41, 5.74) is 4.01. The molecule has 0 saturated carbocycles. The lowest BCUT2D eigenvalue weighted by molar-refractivity contribution is 0.102. The zero-order valence-electron chi connectivity index (χ0n) is 21.3. The van der Waals surface area contributed by atoms with Crippen molar-refractivity contribution >= 4 is 27.3 Å². The minimum absolute atomic E-state index is 0.202. The smallest absolute Gasteiger partial charge is 0.255 e. The van der Waals surface area contributed by atoms with E-state index >= 15 is 0 Å². The molecule has 12 nitrogen and oxygen atoms in total. The molecule has 13 heteroatoms. The third-order valence-electron chi connectivity index (χ3n) is 5.59. The number of sulfonamides is 1. The number of aryl methyl sites for hydroxylation is 1. The zero-order chi connectivity index (χ0) is 27.0. The molecule has 37 heavy (non-hydrogen) atoms. The summed E-state index contributed by atoms with van der Waals surface area (Å²) in [4.78, 5) is 13.4. The number of methoxy groups -OCH3 is 1. The van der Waals surface area contributed by atoms with Gasteiger partial charge in [0, 0.05) is 5.56 Å². The molecule has 1 amide bonds. The number of aromatic amines is 1. The van der Waals surface area contributed by atoms with Crippen LogP contribution in [0, 0.1) is 6.92 Å². The molecular formula is C24H28N8O4S. The quantitative estimate of drug-likeness (QED) is 0.332. The first-order valence-corrected chi connectivity index (χ1v) is 13.2. The molecule has 3 N–H and O–H groups in total. The zero-order valence-corrected chi connectivity index (χ0v) is 22.1. The number of nitrogens with zero attached hydrogens (tertiary/aromatic N) is 5. The van der Waals surface area contributed by atoms with Gasteiger partial charge in [-0.3, -0.25) is 9.52 Å². The molecule has 4 aromatic rings. The molecule has 0 saturated heterocycles. The molecule has 0 aliphatic carbocycles. The van der Waals surface area contributed by atoms with Crippen molar-refractivity contribution in [2.75, 3.05) is 23.4 Å². The van der Waals surface area contributed by atoms with Gasteiger partial charge in [-0.15, -0.1) is 5.10 Å². The molecule has 4 rings (SSSR count). The first-order chi connectivity index (χ1) is 17.4. The molecular weight excluding hydrogens is 496 g/mol. The van der Waals surface area contributed by atoms with E-state index < -0.39 is 15.9 Å². The van der Waals surface area contributed by atoms with Crippen LogP contribution in [-0.2, 0) is 15.4 Å². The maximum atomic E-state index is 13.4. The third kappa shape index (κ3) is 5.77.